The average Bonchev–Trinajstić information content (AvgIpc) is 2.22. The fourth-order valence-electron chi connectivity index (χ4n) is 2.66. The van der Waals surface area contributed by atoms with Crippen molar-refractivity contribution >= 4 is 0 Å². The first-order valence-corrected chi connectivity index (χ1v) is 6.68. The van der Waals surface area contributed by atoms with Gasteiger partial charge in [0, 0.05) is 6.54 Å². The van der Waals surface area contributed by atoms with Crippen molar-refractivity contribution in [3.05, 3.63) is 0 Å². The first-order valence-electron chi connectivity index (χ1n) is 6.68. The summed E-state index contributed by atoms with van der Waals surface area (Å²) in [5.74, 6) is 0.539. The summed E-state index contributed by atoms with van der Waals surface area (Å²) in [4.78, 5) is 2.53. The highest BCUT2D eigenvalue weighted by molar-refractivity contribution is 4.77. The third-order valence-corrected chi connectivity index (χ3v) is 3.44. The fourth-order valence-corrected chi connectivity index (χ4v) is 2.66. The zero-order valence-electron chi connectivity index (χ0n) is 10.4. The van der Waals surface area contributed by atoms with E-state index in [4.69, 9.17) is 0 Å². The van der Waals surface area contributed by atoms with Crippen molar-refractivity contribution in [1.82, 2.24) is 4.90 Å². The van der Waals surface area contributed by atoms with E-state index in [1.54, 1.807) is 0 Å². The van der Waals surface area contributed by atoms with Crippen molar-refractivity contribution in [2.75, 3.05) is 19.6 Å². The molecule has 1 fully saturated rings. The predicted molar refractivity (Wildman–Crippen MR) is 65.0 cm³/mol. The lowest BCUT2D eigenvalue weighted by Gasteiger charge is -2.32. The van der Waals surface area contributed by atoms with E-state index < -0.39 is 0 Å². The summed E-state index contributed by atoms with van der Waals surface area (Å²) in [5.41, 5.74) is 0. The van der Waals surface area contributed by atoms with Gasteiger partial charge in [-0.15, -0.1) is 0 Å². The molecule has 0 aromatic rings. The maximum absolute atomic E-state index is 9.93. The van der Waals surface area contributed by atoms with Crippen molar-refractivity contribution in [2.45, 2.75) is 58.5 Å². The minimum absolute atomic E-state index is 0.0324. The molecule has 0 amide bonds. The zero-order valence-corrected chi connectivity index (χ0v) is 10.4. The highest BCUT2D eigenvalue weighted by Gasteiger charge is 2.24. The van der Waals surface area contributed by atoms with Crippen LogP contribution in [-0.4, -0.2) is 35.7 Å². The van der Waals surface area contributed by atoms with Crippen LogP contribution in [0.25, 0.3) is 0 Å². The molecule has 0 saturated heterocycles. The number of nitrogens with zero attached hydrogens (tertiary/aromatic N) is 1. The SMILES string of the molecule is CCCN(CCC)CC1CCCCC1O. The Morgan fingerprint density at radius 1 is 1.07 bits per heavy atom. The average molecular weight is 213 g/mol. The van der Waals surface area contributed by atoms with Crippen molar-refractivity contribution in [3.8, 4) is 0 Å². The minimum atomic E-state index is -0.0324. The molecule has 0 radical (unpaired) electrons. The smallest absolute Gasteiger partial charge is 0.0580 e. The molecule has 0 aromatic carbocycles. The minimum Gasteiger partial charge on any atom is -0.393 e. The number of hydrogen-bond acceptors (Lipinski definition) is 2. The van der Waals surface area contributed by atoms with Crippen molar-refractivity contribution < 1.29 is 5.11 Å². The third-order valence-electron chi connectivity index (χ3n) is 3.44. The van der Waals surface area contributed by atoms with Gasteiger partial charge in [-0.1, -0.05) is 26.7 Å². The molecule has 0 aromatic heterocycles. The van der Waals surface area contributed by atoms with Gasteiger partial charge in [-0.05, 0) is 44.7 Å². The van der Waals surface area contributed by atoms with Crippen LogP contribution in [0.4, 0.5) is 0 Å². The van der Waals surface area contributed by atoms with E-state index in [1.807, 2.05) is 0 Å². The second kappa shape index (κ2) is 7.24. The van der Waals surface area contributed by atoms with Gasteiger partial charge in [0.25, 0.3) is 0 Å². The Morgan fingerprint density at radius 3 is 2.20 bits per heavy atom. The summed E-state index contributed by atoms with van der Waals surface area (Å²) >= 11 is 0. The van der Waals surface area contributed by atoms with Crippen molar-refractivity contribution in [3.63, 3.8) is 0 Å². The van der Waals surface area contributed by atoms with Crippen LogP contribution in [0.3, 0.4) is 0 Å². The standard InChI is InChI=1S/C13H27NO/c1-3-9-14(10-4-2)11-12-7-5-6-8-13(12)15/h12-13,15H,3-11H2,1-2H3. The van der Waals surface area contributed by atoms with Crippen LogP contribution in [0.2, 0.25) is 0 Å². The van der Waals surface area contributed by atoms with E-state index in [0.717, 1.165) is 13.0 Å². The van der Waals surface area contributed by atoms with Gasteiger partial charge in [0.1, 0.15) is 0 Å². The molecule has 2 atom stereocenters. The topological polar surface area (TPSA) is 23.5 Å². The van der Waals surface area contributed by atoms with Crippen LogP contribution in [0.5, 0.6) is 0 Å². The van der Waals surface area contributed by atoms with Gasteiger partial charge in [-0.25, -0.2) is 0 Å². The molecular weight excluding hydrogens is 186 g/mol. The van der Waals surface area contributed by atoms with E-state index in [0.29, 0.717) is 5.92 Å². The van der Waals surface area contributed by atoms with Gasteiger partial charge in [-0.2, -0.15) is 0 Å². The van der Waals surface area contributed by atoms with Gasteiger partial charge in [0.05, 0.1) is 6.10 Å². The summed E-state index contributed by atoms with van der Waals surface area (Å²) in [7, 11) is 0. The Bertz CT molecular complexity index is 155. The first kappa shape index (κ1) is 13.0. The summed E-state index contributed by atoms with van der Waals surface area (Å²) in [6.07, 6.45) is 7.20. The summed E-state index contributed by atoms with van der Waals surface area (Å²) in [6, 6.07) is 0. The van der Waals surface area contributed by atoms with Crippen LogP contribution in [-0.2, 0) is 0 Å². The Hall–Kier alpha value is -0.0800. The molecule has 0 bridgehead atoms. The molecule has 2 nitrogen and oxygen atoms in total. The summed E-state index contributed by atoms with van der Waals surface area (Å²) < 4.78 is 0. The molecule has 0 spiro atoms. The van der Waals surface area contributed by atoms with E-state index in [-0.39, 0.29) is 6.10 Å². The molecular formula is C13H27NO. The van der Waals surface area contributed by atoms with Crippen LogP contribution in [0.15, 0.2) is 0 Å². The Balaban J connectivity index is 2.33. The molecule has 0 heterocycles. The summed E-state index contributed by atoms with van der Waals surface area (Å²) in [5, 5.41) is 9.93. The fraction of sp³-hybridized carbons (Fsp3) is 1.00. The lowest BCUT2D eigenvalue weighted by atomic mass is 9.86. The van der Waals surface area contributed by atoms with E-state index in [9.17, 15) is 5.11 Å². The Labute approximate surface area is 94.7 Å². The molecule has 1 saturated carbocycles. The molecule has 15 heavy (non-hydrogen) atoms. The molecule has 2 unspecified atom stereocenters. The van der Waals surface area contributed by atoms with Gasteiger partial charge >= 0.3 is 0 Å². The quantitative estimate of drug-likeness (QED) is 0.733. The molecule has 0 aliphatic heterocycles. The lowest BCUT2D eigenvalue weighted by molar-refractivity contribution is 0.0464. The van der Waals surface area contributed by atoms with Crippen LogP contribution >= 0.6 is 0 Å². The lowest BCUT2D eigenvalue weighted by Crippen LogP contribution is -2.37. The van der Waals surface area contributed by atoms with E-state index in [2.05, 4.69) is 18.7 Å². The Kier molecular flexibility index (Phi) is 6.26. The zero-order chi connectivity index (χ0) is 11.1. The van der Waals surface area contributed by atoms with Crippen LogP contribution in [0, 0.1) is 5.92 Å². The predicted octanol–water partition coefficient (Wildman–Crippen LogP) is 2.66. The number of rotatable bonds is 6. The van der Waals surface area contributed by atoms with Crippen LogP contribution in [0.1, 0.15) is 52.4 Å². The van der Waals surface area contributed by atoms with E-state index in [1.165, 1.54) is 45.2 Å². The number of aliphatic hydroxyl groups excluding tert-OH is 1. The monoisotopic (exact) mass is 213 g/mol. The third kappa shape index (κ3) is 4.52. The van der Waals surface area contributed by atoms with Crippen molar-refractivity contribution in [1.29, 1.82) is 0 Å². The normalized spacial score (nSPS) is 27.2. The highest BCUT2D eigenvalue weighted by atomic mass is 16.3. The summed E-state index contributed by atoms with van der Waals surface area (Å²) in [6.45, 7) is 7.97. The Morgan fingerprint density at radius 2 is 1.67 bits per heavy atom. The highest BCUT2D eigenvalue weighted by Crippen LogP contribution is 2.25. The molecule has 90 valence electrons. The van der Waals surface area contributed by atoms with Gasteiger partial charge in [0.15, 0.2) is 0 Å². The second-order valence-corrected chi connectivity index (χ2v) is 4.91. The molecule has 1 rings (SSSR count). The van der Waals surface area contributed by atoms with E-state index >= 15 is 0 Å². The maximum atomic E-state index is 9.93. The molecule has 2 heteroatoms. The van der Waals surface area contributed by atoms with Crippen molar-refractivity contribution in [2.24, 2.45) is 5.92 Å². The number of aliphatic hydroxyl groups is 1. The second-order valence-electron chi connectivity index (χ2n) is 4.91. The maximum Gasteiger partial charge on any atom is 0.0580 e. The largest absolute Gasteiger partial charge is 0.393 e. The molecule has 1 N–H and O–H groups in total. The number of hydrogen-bond donors (Lipinski definition) is 1. The molecule has 1 aliphatic carbocycles. The first-order chi connectivity index (χ1) is 7.27. The van der Waals surface area contributed by atoms with Gasteiger partial charge in [-0.3, -0.25) is 0 Å². The van der Waals surface area contributed by atoms with Gasteiger partial charge in [0.2, 0.25) is 0 Å². The van der Waals surface area contributed by atoms with Gasteiger partial charge < -0.3 is 10.0 Å². The molecule has 1 aliphatic rings. The van der Waals surface area contributed by atoms with Crippen LogP contribution < -0.4 is 0 Å².